The fourth-order valence-electron chi connectivity index (χ4n) is 3.53. The molecule has 0 saturated carbocycles. The van der Waals surface area contributed by atoms with Crippen LogP contribution in [-0.4, -0.2) is 66.2 Å². The second-order valence-corrected chi connectivity index (χ2v) is 11.6. The average Bonchev–Trinajstić information content (AvgIpc) is 3.40. The molecule has 0 N–H and O–H groups in total. The van der Waals surface area contributed by atoms with Crippen molar-refractivity contribution in [3.05, 3.63) is 32.9 Å². The molecule has 0 radical (unpaired) electrons. The summed E-state index contributed by atoms with van der Waals surface area (Å²) in [5, 5.41) is 4.72. The van der Waals surface area contributed by atoms with Crippen molar-refractivity contribution in [2.75, 3.05) is 37.7 Å². The van der Waals surface area contributed by atoms with Crippen LogP contribution in [0.5, 0.6) is 0 Å². The van der Waals surface area contributed by atoms with Gasteiger partial charge in [-0.1, -0.05) is 0 Å². The van der Waals surface area contributed by atoms with E-state index in [9.17, 15) is 13.2 Å². The highest BCUT2D eigenvalue weighted by molar-refractivity contribution is 7.99. The fraction of sp³-hybridized carbons (Fsp3) is 0.529. The van der Waals surface area contributed by atoms with Gasteiger partial charge in [-0.05, 0) is 24.3 Å². The van der Waals surface area contributed by atoms with Gasteiger partial charge in [-0.25, -0.2) is 13.4 Å². The fourth-order valence-corrected chi connectivity index (χ4v) is 8.23. The van der Waals surface area contributed by atoms with Gasteiger partial charge in [0.2, 0.25) is 10.0 Å². The molecule has 0 aliphatic carbocycles. The molecule has 1 amide bonds. The molecule has 0 spiro atoms. The van der Waals surface area contributed by atoms with Gasteiger partial charge in [-0.15, -0.1) is 22.7 Å². The number of sulfonamides is 1. The molecule has 2 fully saturated rings. The van der Waals surface area contributed by atoms with Crippen LogP contribution in [-0.2, 0) is 10.0 Å². The summed E-state index contributed by atoms with van der Waals surface area (Å²) in [5.74, 6) is 1.67. The number of carbonyl (C=O) groups is 1. The molecule has 27 heavy (non-hydrogen) atoms. The van der Waals surface area contributed by atoms with E-state index >= 15 is 0 Å². The number of carbonyl (C=O) groups excluding carboxylic acids is 1. The molecule has 2 aromatic heterocycles. The number of aromatic nitrogens is 1. The first-order valence-corrected chi connectivity index (χ1v) is 13.3. The van der Waals surface area contributed by atoms with Crippen LogP contribution in [0.25, 0.3) is 0 Å². The van der Waals surface area contributed by atoms with Crippen LogP contribution in [0.1, 0.15) is 33.4 Å². The zero-order valence-electron chi connectivity index (χ0n) is 14.7. The Kier molecular flexibility index (Phi) is 5.89. The minimum atomic E-state index is -3.62. The molecule has 2 aromatic rings. The minimum Gasteiger partial charge on any atom is -0.337 e. The van der Waals surface area contributed by atoms with E-state index in [4.69, 9.17) is 0 Å². The number of hydrogen-bond donors (Lipinski definition) is 0. The van der Waals surface area contributed by atoms with Crippen LogP contribution in [0.3, 0.4) is 0 Å². The third-order valence-electron chi connectivity index (χ3n) is 4.92. The molecule has 2 aliphatic rings. The van der Waals surface area contributed by atoms with Crippen molar-refractivity contribution in [1.82, 2.24) is 14.2 Å². The molecular weight excluding hydrogens is 422 g/mol. The van der Waals surface area contributed by atoms with Gasteiger partial charge in [-0.3, -0.25) is 4.79 Å². The largest absolute Gasteiger partial charge is 0.337 e. The molecule has 2 saturated heterocycles. The highest BCUT2D eigenvalue weighted by atomic mass is 32.2. The Morgan fingerprint density at radius 2 is 1.96 bits per heavy atom. The maximum atomic E-state index is 13.2. The van der Waals surface area contributed by atoms with Crippen LogP contribution >= 0.6 is 34.4 Å². The summed E-state index contributed by atoms with van der Waals surface area (Å²) in [5.41, 5.74) is 0. The quantitative estimate of drug-likeness (QED) is 0.727. The summed E-state index contributed by atoms with van der Waals surface area (Å²) in [6.45, 7) is 2.28. The van der Waals surface area contributed by atoms with Gasteiger partial charge in [0.05, 0.1) is 5.01 Å². The molecule has 146 valence electrons. The Bertz CT molecular complexity index is 888. The Morgan fingerprint density at radius 3 is 2.70 bits per heavy atom. The molecule has 1 atom stereocenters. The van der Waals surface area contributed by atoms with Crippen molar-refractivity contribution >= 4 is 50.4 Å². The number of hydrogen-bond acceptors (Lipinski definition) is 7. The van der Waals surface area contributed by atoms with E-state index in [-0.39, 0.29) is 16.7 Å². The lowest BCUT2D eigenvalue weighted by Gasteiger charge is -2.32. The second kappa shape index (κ2) is 8.20. The monoisotopic (exact) mass is 443 g/mol. The third kappa shape index (κ3) is 3.95. The van der Waals surface area contributed by atoms with Gasteiger partial charge < -0.3 is 4.90 Å². The lowest BCUT2D eigenvalue weighted by atomic mass is 9.98. The van der Waals surface area contributed by atoms with Gasteiger partial charge in [0.15, 0.2) is 0 Å². The van der Waals surface area contributed by atoms with Gasteiger partial charge in [0.25, 0.3) is 5.91 Å². The maximum Gasteiger partial charge on any atom is 0.265 e. The number of nitrogens with zero attached hydrogens (tertiary/aromatic N) is 3. The lowest BCUT2D eigenvalue weighted by Crippen LogP contribution is -2.41. The number of piperidine rings is 1. The smallest absolute Gasteiger partial charge is 0.265 e. The van der Waals surface area contributed by atoms with E-state index in [0.29, 0.717) is 31.1 Å². The predicted octanol–water partition coefficient (Wildman–Crippen LogP) is 2.96. The van der Waals surface area contributed by atoms with E-state index in [0.717, 1.165) is 29.4 Å². The topological polar surface area (TPSA) is 70.6 Å². The van der Waals surface area contributed by atoms with E-state index in [1.807, 2.05) is 5.38 Å². The SMILES string of the molecule is O=C(c1sccc1S(=O)(=O)N1CCSCC1)N1CCCC(c2nccs2)C1. The van der Waals surface area contributed by atoms with E-state index in [1.54, 1.807) is 45.6 Å². The zero-order valence-corrected chi connectivity index (χ0v) is 18.0. The van der Waals surface area contributed by atoms with E-state index in [1.165, 1.54) is 15.6 Å². The summed E-state index contributed by atoms with van der Waals surface area (Å²) in [4.78, 5) is 19.9. The van der Waals surface area contributed by atoms with E-state index in [2.05, 4.69) is 4.98 Å². The first-order chi connectivity index (χ1) is 13.1. The summed E-state index contributed by atoms with van der Waals surface area (Å²) in [6.07, 6.45) is 3.72. The summed E-state index contributed by atoms with van der Waals surface area (Å²) in [6, 6.07) is 1.58. The molecule has 0 aromatic carbocycles. The van der Waals surface area contributed by atoms with Gasteiger partial charge in [0, 0.05) is 55.2 Å². The average molecular weight is 444 g/mol. The number of rotatable bonds is 4. The number of amides is 1. The first-order valence-electron chi connectivity index (χ1n) is 8.91. The van der Waals surface area contributed by atoms with Crippen LogP contribution < -0.4 is 0 Å². The molecule has 4 rings (SSSR count). The maximum absolute atomic E-state index is 13.2. The molecule has 0 bridgehead atoms. The number of thioether (sulfide) groups is 1. The lowest BCUT2D eigenvalue weighted by molar-refractivity contribution is 0.0708. The van der Waals surface area contributed by atoms with Gasteiger partial charge >= 0.3 is 0 Å². The van der Waals surface area contributed by atoms with Crippen molar-refractivity contribution in [2.45, 2.75) is 23.7 Å². The van der Waals surface area contributed by atoms with E-state index < -0.39 is 10.0 Å². The standard InChI is InChI=1S/C17H21N3O3S4/c21-17(19-5-1-2-13(12-19)16-18-4-9-26-16)15-14(3-8-25-15)27(22,23)20-6-10-24-11-7-20/h3-4,8-9,13H,1-2,5-7,10-12H2. The number of thiophene rings is 1. The highest BCUT2D eigenvalue weighted by Crippen LogP contribution is 2.32. The molecule has 2 aliphatic heterocycles. The summed E-state index contributed by atoms with van der Waals surface area (Å²) in [7, 11) is -3.62. The van der Waals surface area contributed by atoms with Crippen molar-refractivity contribution in [2.24, 2.45) is 0 Å². The molecule has 1 unspecified atom stereocenters. The molecule has 4 heterocycles. The number of thiazole rings is 1. The summed E-state index contributed by atoms with van der Waals surface area (Å²) >= 11 is 4.60. The normalized spacial score (nSPS) is 22.1. The van der Waals surface area contributed by atoms with Crippen molar-refractivity contribution in [1.29, 1.82) is 0 Å². The van der Waals surface area contributed by atoms with Gasteiger partial charge in [0.1, 0.15) is 9.77 Å². The molecular formula is C17H21N3O3S4. The van der Waals surface area contributed by atoms with Crippen molar-refractivity contribution in [3.8, 4) is 0 Å². The zero-order chi connectivity index (χ0) is 18.9. The highest BCUT2D eigenvalue weighted by Gasteiger charge is 2.34. The Morgan fingerprint density at radius 1 is 1.15 bits per heavy atom. The van der Waals surface area contributed by atoms with Crippen LogP contribution in [0.2, 0.25) is 0 Å². The molecule has 10 heteroatoms. The first kappa shape index (κ1) is 19.4. The van der Waals surface area contributed by atoms with Crippen molar-refractivity contribution in [3.63, 3.8) is 0 Å². The Balaban J connectivity index is 1.55. The minimum absolute atomic E-state index is 0.167. The molecule has 6 nitrogen and oxygen atoms in total. The Labute approximate surface area is 171 Å². The number of likely N-dealkylation sites (tertiary alicyclic amines) is 1. The summed E-state index contributed by atoms with van der Waals surface area (Å²) < 4.78 is 27.6. The van der Waals surface area contributed by atoms with Crippen LogP contribution in [0.15, 0.2) is 27.9 Å². The predicted molar refractivity (Wildman–Crippen MR) is 110 cm³/mol. The van der Waals surface area contributed by atoms with Crippen LogP contribution in [0, 0.1) is 0 Å². The Hall–Kier alpha value is -0.940. The van der Waals surface area contributed by atoms with Gasteiger partial charge in [-0.2, -0.15) is 16.1 Å². The second-order valence-electron chi connectivity index (χ2n) is 6.59. The van der Waals surface area contributed by atoms with Crippen molar-refractivity contribution < 1.29 is 13.2 Å². The third-order valence-corrected chi connectivity index (χ3v) is 9.77. The van der Waals surface area contributed by atoms with Crippen LogP contribution in [0.4, 0.5) is 0 Å².